The Morgan fingerprint density at radius 1 is 1.32 bits per heavy atom. The second kappa shape index (κ2) is 7.84. The van der Waals surface area contributed by atoms with Crippen LogP contribution in [0.15, 0.2) is 24.3 Å². The molecule has 2 rings (SSSR count). The van der Waals surface area contributed by atoms with Crippen molar-refractivity contribution >= 4 is 18.3 Å². The number of piperidine rings is 1. The second-order valence-electron chi connectivity index (χ2n) is 6.50. The van der Waals surface area contributed by atoms with Crippen molar-refractivity contribution in [1.29, 1.82) is 0 Å². The number of carbonyl (C=O) groups excluding carboxylic acids is 1. The van der Waals surface area contributed by atoms with E-state index in [2.05, 4.69) is 0 Å². The number of hydrogen-bond donors (Lipinski definition) is 1. The van der Waals surface area contributed by atoms with Crippen molar-refractivity contribution in [3.05, 3.63) is 29.8 Å². The third-order valence-corrected chi connectivity index (χ3v) is 4.23. The second-order valence-corrected chi connectivity index (χ2v) is 6.50. The van der Waals surface area contributed by atoms with Crippen LogP contribution in [0, 0.1) is 5.41 Å². The van der Waals surface area contributed by atoms with E-state index in [0.29, 0.717) is 6.42 Å². The van der Waals surface area contributed by atoms with E-state index < -0.39 is 5.41 Å². The summed E-state index contributed by atoms with van der Waals surface area (Å²) in [5, 5.41) is 0. The van der Waals surface area contributed by atoms with E-state index in [4.69, 9.17) is 10.5 Å². The monoisotopic (exact) mass is 326 g/mol. The molecule has 0 bridgehead atoms. The number of methoxy groups -OCH3 is 1. The molecule has 0 saturated carbocycles. The van der Waals surface area contributed by atoms with Crippen LogP contribution in [0.1, 0.15) is 32.3 Å². The molecule has 1 saturated heterocycles. The maximum atomic E-state index is 12.8. The van der Waals surface area contributed by atoms with Gasteiger partial charge in [0.05, 0.1) is 7.11 Å². The van der Waals surface area contributed by atoms with Gasteiger partial charge in [-0.2, -0.15) is 0 Å². The highest BCUT2D eigenvalue weighted by Crippen LogP contribution is 2.30. The van der Waals surface area contributed by atoms with Crippen molar-refractivity contribution in [1.82, 2.24) is 4.90 Å². The summed E-state index contributed by atoms with van der Waals surface area (Å²) in [6, 6.07) is 8.14. The van der Waals surface area contributed by atoms with Crippen LogP contribution in [0.4, 0.5) is 0 Å². The number of carbonyl (C=O) groups is 1. The Hall–Kier alpha value is -1.26. The lowest BCUT2D eigenvalue weighted by atomic mass is 9.83. The summed E-state index contributed by atoms with van der Waals surface area (Å²) in [4.78, 5) is 14.7. The van der Waals surface area contributed by atoms with Gasteiger partial charge in [0.25, 0.3) is 0 Å². The molecule has 0 aromatic heterocycles. The Kier molecular flexibility index (Phi) is 6.69. The van der Waals surface area contributed by atoms with Crippen molar-refractivity contribution < 1.29 is 9.53 Å². The van der Waals surface area contributed by atoms with E-state index in [9.17, 15) is 4.79 Å². The number of amides is 1. The molecule has 22 heavy (non-hydrogen) atoms. The fourth-order valence-corrected chi connectivity index (χ4v) is 2.93. The first-order valence-corrected chi connectivity index (χ1v) is 7.61. The summed E-state index contributed by atoms with van der Waals surface area (Å²) >= 11 is 0. The third kappa shape index (κ3) is 4.37. The molecule has 4 nitrogen and oxygen atoms in total. The lowest BCUT2D eigenvalue weighted by Gasteiger charge is -2.36. The summed E-state index contributed by atoms with van der Waals surface area (Å²) in [7, 11) is 1.67. The molecule has 0 radical (unpaired) electrons. The molecule has 1 heterocycles. The number of ether oxygens (including phenoxy) is 1. The van der Waals surface area contributed by atoms with Gasteiger partial charge in [-0.15, -0.1) is 12.4 Å². The van der Waals surface area contributed by atoms with E-state index in [1.807, 2.05) is 43.0 Å². The van der Waals surface area contributed by atoms with Crippen LogP contribution in [0.3, 0.4) is 0 Å². The standard InChI is InChI=1S/C17H26N2O2.ClH/c1-17(2,12-13-6-4-5-7-15(13)21-3)16(20)19-10-8-14(18)9-11-19;/h4-7,14H,8-12,18H2,1-3H3;1H. The normalized spacial score (nSPS) is 16.1. The first-order valence-electron chi connectivity index (χ1n) is 7.61. The number of nitrogens with zero attached hydrogens (tertiary/aromatic N) is 1. The molecule has 0 unspecified atom stereocenters. The van der Waals surface area contributed by atoms with Crippen molar-refractivity contribution in [3.63, 3.8) is 0 Å². The first-order chi connectivity index (χ1) is 9.94. The maximum absolute atomic E-state index is 12.8. The fourth-order valence-electron chi connectivity index (χ4n) is 2.93. The smallest absolute Gasteiger partial charge is 0.228 e. The molecule has 2 N–H and O–H groups in total. The SMILES string of the molecule is COc1ccccc1CC(C)(C)C(=O)N1CCC(N)CC1.Cl. The zero-order valence-electron chi connectivity index (χ0n) is 13.7. The van der Waals surface area contributed by atoms with Gasteiger partial charge < -0.3 is 15.4 Å². The molecule has 1 fully saturated rings. The Morgan fingerprint density at radius 3 is 2.50 bits per heavy atom. The molecule has 1 aliphatic heterocycles. The van der Waals surface area contributed by atoms with Gasteiger partial charge in [-0.3, -0.25) is 4.79 Å². The van der Waals surface area contributed by atoms with E-state index in [0.717, 1.165) is 37.2 Å². The van der Waals surface area contributed by atoms with Crippen LogP contribution in [-0.2, 0) is 11.2 Å². The highest BCUT2D eigenvalue weighted by molar-refractivity contribution is 5.85. The van der Waals surface area contributed by atoms with Crippen LogP contribution in [0.2, 0.25) is 0 Å². The van der Waals surface area contributed by atoms with Gasteiger partial charge in [-0.25, -0.2) is 0 Å². The molecule has 5 heteroatoms. The minimum atomic E-state index is -0.434. The Morgan fingerprint density at radius 2 is 1.91 bits per heavy atom. The maximum Gasteiger partial charge on any atom is 0.228 e. The zero-order chi connectivity index (χ0) is 15.5. The molecule has 1 aromatic carbocycles. The topological polar surface area (TPSA) is 55.6 Å². The molecule has 124 valence electrons. The zero-order valence-corrected chi connectivity index (χ0v) is 14.5. The predicted octanol–water partition coefficient (Wildman–Crippen LogP) is 2.64. The number of halogens is 1. The quantitative estimate of drug-likeness (QED) is 0.925. The Labute approximate surface area is 139 Å². The van der Waals surface area contributed by atoms with Crippen LogP contribution in [0.5, 0.6) is 5.75 Å². The Balaban J connectivity index is 0.00000242. The van der Waals surface area contributed by atoms with Gasteiger partial charge in [0, 0.05) is 24.5 Å². The molecule has 1 aromatic rings. The fraction of sp³-hybridized carbons (Fsp3) is 0.588. The number of nitrogens with two attached hydrogens (primary N) is 1. The van der Waals surface area contributed by atoms with Gasteiger partial charge in [-0.1, -0.05) is 32.0 Å². The van der Waals surface area contributed by atoms with Crippen LogP contribution in [-0.4, -0.2) is 37.0 Å². The van der Waals surface area contributed by atoms with Gasteiger partial charge in [0.1, 0.15) is 5.75 Å². The first kappa shape index (κ1) is 18.8. The van der Waals surface area contributed by atoms with Crippen molar-refractivity contribution in [2.45, 2.75) is 39.2 Å². The summed E-state index contributed by atoms with van der Waals surface area (Å²) in [6.45, 7) is 5.57. The van der Waals surface area contributed by atoms with Gasteiger partial charge in [0.15, 0.2) is 0 Å². The molecule has 1 amide bonds. The minimum absolute atomic E-state index is 0. The van der Waals surface area contributed by atoms with E-state index in [1.54, 1.807) is 7.11 Å². The summed E-state index contributed by atoms with van der Waals surface area (Å²) in [5.41, 5.74) is 6.55. The molecule has 1 aliphatic rings. The van der Waals surface area contributed by atoms with Crippen molar-refractivity contribution in [2.24, 2.45) is 11.1 Å². The van der Waals surface area contributed by atoms with Gasteiger partial charge in [-0.05, 0) is 30.9 Å². The lowest BCUT2D eigenvalue weighted by molar-refractivity contribution is -0.141. The average molecular weight is 327 g/mol. The largest absolute Gasteiger partial charge is 0.496 e. The summed E-state index contributed by atoms with van der Waals surface area (Å²) in [5.74, 6) is 1.05. The number of likely N-dealkylation sites (tertiary alicyclic amines) is 1. The van der Waals surface area contributed by atoms with Gasteiger partial charge >= 0.3 is 0 Å². The highest BCUT2D eigenvalue weighted by Gasteiger charge is 2.34. The molecule has 0 spiro atoms. The Bertz CT molecular complexity index is 497. The van der Waals surface area contributed by atoms with E-state index in [-0.39, 0.29) is 24.4 Å². The molecule has 0 atom stereocenters. The molecular weight excluding hydrogens is 300 g/mol. The van der Waals surface area contributed by atoms with Crippen molar-refractivity contribution in [2.75, 3.05) is 20.2 Å². The summed E-state index contributed by atoms with van der Waals surface area (Å²) < 4.78 is 5.39. The van der Waals surface area contributed by atoms with Crippen LogP contribution >= 0.6 is 12.4 Å². The third-order valence-electron chi connectivity index (χ3n) is 4.23. The number of hydrogen-bond acceptors (Lipinski definition) is 3. The predicted molar refractivity (Wildman–Crippen MR) is 91.5 cm³/mol. The van der Waals surface area contributed by atoms with E-state index in [1.165, 1.54) is 0 Å². The number of rotatable bonds is 4. The molecule has 0 aliphatic carbocycles. The lowest BCUT2D eigenvalue weighted by Crippen LogP contribution is -2.48. The minimum Gasteiger partial charge on any atom is -0.496 e. The number of benzene rings is 1. The van der Waals surface area contributed by atoms with Crippen molar-refractivity contribution in [3.8, 4) is 5.75 Å². The van der Waals surface area contributed by atoms with E-state index >= 15 is 0 Å². The van der Waals surface area contributed by atoms with Crippen LogP contribution < -0.4 is 10.5 Å². The molecular formula is C17H27ClN2O2. The number of para-hydroxylation sites is 1. The van der Waals surface area contributed by atoms with Gasteiger partial charge in [0.2, 0.25) is 5.91 Å². The summed E-state index contributed by atoms with van der Waals surface area (Å²) in [6.07, 6.45) is 2.48. The average Bonchev–Trinajstić information content (AvgIpc) is 2.47. The van der Waals surface area contributed by atoms with Crippen LogP contribution in [0.25, 0.3) is 0 Å². The highest BCUT2D eigenvalue weighted by atomic mass is 35.5.